The fourth-order valence-corrected chi connectivity index (χ4v) is 13.7. The third-order valence-corrected chi connectivity index (χ3v) is 19.2. The van der Waals surface area contributed by atoms with Crippen LogP contribution in [0.25, 0.3) is 0 Å². The fourth-order valence-electron chi connectivity index (χ4n) is 13.7. The minimum atomic E-state index is -3.33. The van der Waals surface area contributed by atoms with Gasteiger partial charge >= 0.3 is 5.97 Å². The number of aliphatic hydroxyl groups is 23. The van der Waals surface area contributed by atoms with Crippen LogP contribution in [-0.2, 0) is 95.0 Å². The highest BCUT2D eigenvalue weighted by atomic mass is 16.8. The highest BCUT2D eigenvalue weighted by molar-refractivity contribution is 5.77. The first-order valence-electron chi connectivity index (χ1n) is 33.7. The zero-order chi connectivity index (χ0) is 79.3. The molecule has 8 fully saturated rings. The van der Waals surface area contributed by atoms with E-state index in [0.717, 1.165) is 27.7 Å². The second-order valence-electron chi connectivity index (χ2n) is 26.8. The van der Waals surface area contributed by atoms with E-state index in [2.05, 4.69) is 21.3 Å². The predicted octanol–water partition coefficient (Wildman–Crippen LogP) is -18.7. The molecule has 107 heavy (non-hydrogen) atoms. The molecule has 8 rings (SSSR count). The van der Waals surface area contributed by atoms with E-state index in [9.17, 15) is 147 Å². The van der Waals surface area contributed by atoms with Gasteiger partial charge in [-0.15, -0.1) is 0 Å². The van der Waals surface area contributed by atoms with Crippen LogP contribution in [0.3, 0.4) is 0 Å². The van der Waals surface area contributed by atoms with Gasteiger partial charge in [-0.3, -0.25) is 19.2 Å². The van der Waals surface area contributed by atoms with Crippen molar-refractivity contribution in [1.29, 1.82) is 0 Å². The van der Waals surface area contributed by atoms with Gasteiger partial charge in [-0.1, -0.05) is 0 Å². The van der Waals surface area contributed by atoms with Gasteiger partial charge in [0, 0.05) is 34.1 Å². The first-order valence-corrected chi connectivity index (χ1v) is 33.7. The van der Waals surface area contributed by atoms with Crippen LogP contribution in [0, 0.1) is 0 Å². The SMILES string of the molecule is CC(=O)N[C@H]1[C@H](OC[C@H]2O[C@H](O[C@H]3[C@@H](O)[C@@H](CO)OC(O)[C@@H]3NC(C)=O)[C@H](NC(C)=O)[C@@H](O[C@@H]3O[C@H](CO)[C@H](O)[C@H](O[C@]4(C(=O)O)C[C@H](O)[C@@H](NC(C)=O)[C@H]([C@H](O)[C@H](O)CO)O4)[C@H]3O)[C@H]2O)O[C@H](CO)[C@@H](O[C@@H]2O[C@H](CO)[C@H](O[C@@H]3O[C@H](CO)[C@H](O[C@H]4O[C@H](CO)[C@H](O)[C@H](O)[C@H]4O)[C@H](O)[C@H]3O)[C@H](O)[C@H]2O)[C@@H]1O. The van der Waals surface area contributed by atoms with Crippen molar-refractivity contribution in [2.75, 3.05) is 52.9 Å². The number of amides is 4. The van der Waals surface area contributed by atoms with E-state index in [0.29, 0.717) is 0 Å². The van der Waals surface area contributed by atoms with Crippen molar-refractivity contribution in [3.05, 3.63) is 0 Å². The van der Waals surface area contributed by atoms with Crippen molar-refractivity contribution < 1.29 is 218 Å². The second kappa shape index (κ2) is 38.1. The van der Waals surface area contributed by atoms with Crippen LogP contribution < -0.4 is 21.3 Å². The molecule has 48 heteroatoms. The highest BCUT2D eigenvalue weighted by Gasteiger charge is 2.63. The lowest BCUT2D eigenvalue weighted by Crippen LogP contribution is -2.72. The summed E-state index contributed by atoms with van der Waals surface area (Å²) in [5.74, 6) is -9.21. The Kier molecular flexibility index (Phi) is 31.5. The van der Waals surface area contributed by atoms with E-state index < -0.39 is 340 Å². The number of ether oxygens (including phenoxy) is 15. The van der Waals surface area contributed by atoms with E-state index in [-0.39, 0.29) is 0 Å². The molecule has 28 N–H and O–H groups in total. The molecule has 0 bridgehead atoms. The smallest absolute Gasteiger partial charge is 0.364 e. The van der Waals surface area contributed by atoms with E-state index in [1.807, 2.05) is 0 Å². The van der Waals surface area contributed by atoms with Crippen molar-refractivity contribution in [2.24, 2.45) is 0 Å². The highest BCUT2D eigenvalue weighted by Crippen LogP contribution is 2.41. The van der Waals surface area contributed by atoms with Crippen molar-refractivity contribution >= 4 is 29.6 Å². The number of aliphatic carboxylic acids is 1. The minimum absolute atomic E-state index is 0.880. The van der Waals surface area contributed by atoms with Gasteiger partial charge < -0.3 is 215 Å². The number of hydrogen-bond acceptors (Lipinski definition) is 43. The molecule has 41 atom stereocenters. The van der Waals surface area contributed by atoms with Crippen LogP contribution >= 0.6 is 0 Å². The quantitative estimate of drug-likeness (QED) is 0.0331. The zero-order valence-electron chi connectivity index (χ0n) is 57.4. The van der Waals surface area contributed by atoms with Gasteiger partial charge in [0.2, 0.25) is 23.6 Å². The Morgan fingerprint density at radius 3 is 1.22 bits per heavy atom. The molecule has 0 saturated carbocycles. The third-order valence-electron chi connectivity index (χ3n) is 19.2. The van der Waals surface area contributed by atoms with Gasteiger partial charge in [0.1, 0.15) is 189 Å². The van der Waals surface area contributed by atoms with Crippen molar-refractivity contribution in [1.82, 2.24) is 21.3 Å². The van der Waals surface area contributed by atoms with Gasteiger partial charge in [-0.2, -0.15) is 0 Å². The van der Waals surface area contributed by atoms with Crippen molar-refractivity contribution in [2.45, 2.75) is 285 Å². The van der Waals surface area contributed by atoms with Crippen LogP contribution in [0.4, 0.5) is 0 Å². The van der Waals surface area contributed by atoms with Crippen molar-refractivity contribution in [3.8, 4) is 0 Å². The number of rotatable bonds is 29. The topological polar surface area (TPSA) is 757 Å². The van der Waals surface area contributed by atoms with Crippen LogP contribution in [-0.4, -0.2) is 456 Å². The summed E-state index contributed by atoms with van der Waals surface area (Å²) in [5.41, 5.74) is 0. The average Bonchev–Trinajstić information content (AvgIpc) is 0.751. The molecule has 618 valence electrons. The van der Waals surface area contributed by atoms with Gasteiger partial charge in [-0.25, -0.2) is 4.79 Å². The molecule has 8 aliphatic heterocycles. The first kappa shape index (κ1) is 88.4. The molecule has 8 heterocycles. The molecule has 8 saturated heterocycles. The molecule has 0 radical (unpaired) electrons. The molecule has 0 aromatic rings. The zero-order valence-corrected chi connectivity index (χ0v) is 57.4. The minimum Gasteiger partial charge on any atom is -0.477 e. The molecule has 0 spiro atoms. The summed E-state index contributed by atoms with van der Waals surface area (Å²) >= 11 is 0. The van der Waals surface area contributed by atoms with E-state index in [1.165, 1.54) is 0 Å². The Bertz CT molecular complexity index is 2870. The number of carbonyl (C=O) groups excluding carboxylic acids is 4. The van der Waals surface area contributed by atoms with Crippen LogP contribution in [0.1, 0.15) is 34.1 Å². The summed E-state index contributed by atoms with van der Waals surface area (Å²) in [5, 5.41) is 272. The summed E-state index contributed by atoms with van der Waals surface area (Å²) < 4.78 is 87.2. The lowest BCUT2D eigenvalue weighted by atomic mass is 9.88. The summed E-state index contributed by atoms with van der Waals surface area (Å²) in [6.45, 7) is -5.04. The maximum atomic E-state index is 13.3. The number of aliphatic hydroxyl groups excluding tert-OH is 23. The Hall–Kier alpha value is -4.17. The lowest BCUT2D eigenvalue weighted by Gasteiger charge is -2.51. The Balaban J connectivity index is 1.05. The fraction of sp³-hybridized carbons (Fsp3) is 0.915. The van der Waals surface area contributed by atoms with E-state index in [1.54, 1.807) is 0 Å². The normalized spacial score (nSPS) is 46.9. The molecule has 4 amide bonds. The number of nitrogens with one attached hydrogen (secondary N) is 4. The molecule has 0 aromatic carbocycles. The predicted molar refractivity (Wildman–Crippen MR) is 328 cm³/mol. The van der Waals surface area contributed by atoms with Gasteiger partial charge in [0.05, 0.1) is 65.0 Å². The van der Waals surface area contributed by atoms with Gasteiger partial charge in [-0.05, 0) is 0 Å². The van der Waals surface area contributed by atoms with E-state index in [4.69, 9.17) is 71.1 Å². The molecular formula is C59H98N4O44. The number of carbonyl (C=O) groups is 5. The first-order chi connectivity index (χ1) is 50.4. The number of carboxylic acid groups (broad SMARTS) is 1. The van der Waals surface area contributed by atoms with Crippen LogP contribution in [0.15, 0.2) is 0 Å². The Morgan fingerprint density at radius 2 is 0.748 bits per heavy atom. The molecular weight excluding hydrogens is 1470 g/mol. The molecule has 0 aromatic heterocycles. The Labute approximate surface area is 605 Å². The maximum absolute atomic E-state index is 13.3. The second-order valence-corrected chi connectivity index (χ2v) is 26.8. The monoisotopic (exact) mass is 1570 g/mol. The van der Waals surface area contributed by atoms with E-state index >= 15 is 0 Å². The summed E-state index contributed by atoms with van der Waals surface area (Å²) in [6.07, 6.45) is -76.4. The average molecular weight is 1570 g/mol. The third kappa shape index (κ3) is 19.6. The number of hydrogen-bond donors (Lipinski definition) is 28. The molecule has 48 nitrogen and oxygen atoms in total. The molecule has 1 unspecified atom stereocenters. The molecule has 0 aliphatic carbocycles. The largest absolute Gasteiger partial charge is 0.477 e. The lowest BCUT2D eigenvalue weighted by molar-refractivity contribution is -0.388. The van der Waals surface area contributed by atoms with Crippen molar-refractivity contribution in [3.63, 3.8) is 0 Å². The standard InChI is InChI=1S/C59H98N4O44/c1-14(71)60-27-18(75)5-59(58(91)92,106-49(27)31(77)19(76)6-64)107-50-34(80)22(9-67)96-57(43(50)89)105-48-30(63-17(4)74)53(104-47-29(62-16(3)73)51(90)94-21(8-66)33(47)79)100-26(35(48)81)13-93-52-28(61-15(2)72)36(82)44(23(10-68)97-52)101-55-41(87)38(84)46(25(12-70)98-55)103-56-42(88)39(85)45(24(11-69)99-56)102-54-40(86)37(83)32(78)20(7-65)95-54/h18-57,64-70,75-90H,5-13H2,1-4H3,(H,60,71)(H,61,72)(H,62,73)(H,63,74)(H,91,92)/t18-,19+,20+,21+,22+,23+,24+,25+,26+,27+,28+,29+,30+,31+,32-,33-,34-,35-,36+,37-,38+,39+,40+,41+,42+,43+,44+,45-,46-,47+,48+,49+,50-,51?,52+,53+,54+,55-,56-,57-,59-/m0/s1. The van der Waals surface area contributed by atoms with Gasteiger partial charge in [0.15, 0.2) is 44.0 Å². The Morgan fingerprint density at radius 1 is 0.383 bits per heavy atom. The van der Waals surface area contributed by atoms with Crippen LogP contribution in [0.2, 0.25) is 0 Å². The van der Waals surface area contributed by atoms with Gasteiger partial charge in [0.25, 0.3) is 5.79 Å². The number of carboxylic acids is 1. The summed E-state index contributed by atoms with van der Waals surface area (Å²) in [7, 11) is 0. The maximum Gasteiger partial charge on any atom is 0.364 e. The summed E-state index contributed by atoms with van der Waals surface area (Å²) in [4.78, 5) is 64.4. The summed E-state index contributed by atoms with van der Waals surface area (Å²) in [6, 6.07) is -7.49. The molecule has 8 aliphatic rings. The van der Waals surface area contributed by atoms with Crippen LogP contribution in [0.5, 0.6) is 0 Å².